The average molecular weight is 369 g/mol. The van der Waals surface area contributed by atoms with Gasteiger partial charge < -0.3 is 10.1 Å². The van der Waals surface area contributed by atoms with Gasteiger partial charge in [-0.3, -0.25) is 4.79 Å². The van der Waals surface area contributed by atoms with E-state index in [1.807, 2.05) is 39.0 Å². The van der Waals surface area contributed by atoms with Crippen molar-refractivity contribution in [2.45, 2.75) is 45.8 Å². The highest BCUT2D eigenvalue weighted by atomic mass is 19.1. The van der Waals surface area contributed by atoms with Crippen LogP contribution >= 0.6 is 0 Å². The van der Waals surface area contributed by atoms with Crippen molar-refractivity contribution >= 4 is 16.8 Å². The first kappa shape index (κ1) is 18.9. The summed E-state index contributed by atoms with van der Waals surface area (Å²) in [4.78, 5) is 11.7. The lowest BCUT2D eigenvalue weighted by Crippen LogP contribution is -2.42. The molecule has 0 bridgehead atoms. The fourth-order valence-electron chi connectivity index (χ4n) is 2.86. The van der Waals surface area contributed by atoms with Gasteiger partial charge in [-0.15, -0.1) is 0 Å². The fraction of sp³-hybridized carbons (Fsp3) is 0.333. The molecule has 3 aromatic rings. The third-order valence-corrected chi connectivity index (χ3v) is 4.50. The molecule has 2 aromatic carbocycles. The van der Waals surface area contributed by atoms with Gasteiger partial charge in [-0.1, -0.05) is 6.92 Å². The molecule has 0 saturated heterocycles. The summed E-state index contributed by atoms with van der Waals surface area (Å²) in [5, 5.41) is 8.27. The van der Waals surface area contributed by atoms with Crippen LogP contribution in [-0.4, -0.2) is 27.8 Å². The molecule has 5 nitrogen and oxygen atoms in total. The Morgan fingerprint density at radius 1 is 1.22 bits per heavy atom. The van der Waals surface area contributed by atoms with E-state index >= 15 is 0 Å². The highest BCUT2D eigenvalue weighted by Crippen LogP contribution is 2.24. The maximum atomic E-state index is 13.1. The van der Waals surface area contributed by atoms with Crippen molar-refractivity contribution in [3.05, 3.63) is 54.5 Å². The number of carbonyl (C=O) groups is 1. The molecule has 1 aromatic heterocycles. The summed E-state index contributed by atoms with van der Waals surface area (Å²) in [6.07, 6.45) is 2.92. The van der Waals surface area contributed by atoms with Gasteiger partial charge in [0.2, 0.25) is 5.91 Å². The van der Waals surface area contributed by atoms with Gasteiger partial charge in [0.15, 0.2) is 0 Å². The lowest BCUT2D eigenvalue weighted by molar-refractivity contribution is -0.122. The van der Waals surface area contributed by atoms with E-state index in [1.165, 1.54) is 12.1 Å². The second kappa shape index (κ2) is 8.20. The first-order valence-corrected chi connectivity index (χ1v) is 9.17. The molecule has 0 aliphatic rings. The van der Waals surface area contributed by atoms with Crippen LogP contribution in [0.4, 0.5) is 4.39 Å². The molecule has 0 saturated carbocycles. The van der Waals surface area contributed by atoms with Crippen LogP contribution in [0.2, 0.25) is 0 Å². The van der Waals surface area contributed by atoms with Crippen LogP contribution in [-0.2, 0) is 4.79 Å². The van der Waals surface area contributed by atoms with Crippen molar-refractivity contribution in [3.63, 3.8) is 0 Å². The SMILES string of the molecule is CCCC(=O)N[C@@H](C)[C@@H](C)Oc1ccc2c(cnn2-c2ccc(F)cc2)c1. The van der Waals surface area contributed by atoms with Crippen LogP contribution in [0.15, 0.2) is 48.7 Å². The van der Waals surface area contributed by atoms with Gasteiger partial charge in [0.25, 0.3) is 0 Å². The molecule has 2 atom stereocenters. The number of benzene rings is 2. The third kappa shape index (κ3) is 4.45. The van der Waals surface area contributed by atoms with E-state index in [4.69, 9.17) is 4.74 Å². The summed E-state index contributed by atoms with van der Waals surface area (Å²) >= 11 is 0. The van der Waals surface area contributed by atoms with Crippen molar-refractivity contribution in [2.75, 3.05) is 0 Å². The van der Waals surface area contributed by atoms with Gasteiger partial charge in [-0.25, -0.2) is 9.07 Å². The molecule has 0 aliphatic heterocycles. The summed E-state index contributed by atoms with van der Waals surface area (Å²) in [5.41, 5.74) is 1.70. The number of hydrogen-bond acceptors (Lipinski definition) is 3. The predicted octanol–water partition coefficient (Wildman–Crippen LogP) is 4.24. The molecular formula is C21H24FN3O2. The predicted molar refractivity (Wildman–Crippen MR) is 104 cm³/mol. The number of aromatic nitrogens is 2. The number of ether oxygens (including phenoxy) is 1. The van der Waals surface area contributed by atoms with Crippen molar-refractivity contribution in [3.8, 4) is 11.4 Å². The Morgan fingerprint density at radius 3 is 2.67 bits per heavy atom. The molecule has 142 valence electrons. The molecule has 0 unspecified atom stereocenters. The molecule has 0 fully saturated rings. The zero-order valence-electron chi connectivity index (χ0n) is 15.8. The molecule has 27 heavy (non-hydrogen) atoms. The van der Waals surface area contributed by atoms with Gasteiger partial charge >= 0.3 is 0 Å². The highest BCUT2D eigenvalue weighted by molar-refractivity contribution is 5.81. The zero-order valence-corrected chi connectivity index (χ0v) is 15.8. The summed E-state index contributed by atoms with van der Waals surface area (Å²) in [5.74, 6) is 0.474. The Hall–Kier alpha value is -2.89. The van der Waals surface area contributed by atoms with Crippen molar-refractivity contribution in [2.24, 2.45) is 0 Å². The third-order valence-electron chi connectivity index (χ3n) is 4.50. The largest absolute Gasteiger partial charge is 0.489 e. The second-order valence-electron chi connectivity index (χ2n) is 6.68. The van der Waals surface area contributed by atoms with Crippen molar-refractivity contribution in [1.82, 2.24) is 15.1 Å². The molecule has 0 aliphatic carbocycles. The monoisotopic (exact) mass is 369 g/mol. The van der Waals surface area contributed by atoms with Crippen LogP contribution in [0, 0.1) is 5.82 Å². The first-order chi connectivity index (χ1) is 13.0. The fourth-order valence-corrected chi connectivity index (χ4v) is 2.86. The lowest BCUT2D eigenvalue weighted by atomic mass is 10.2. The number of nitrogens with zero attached hydrogens (tertiary/aromatic N) is 2. The number of fused-ring (bicyclic) bond motifs is 1. The van der Waals surface area contributed by atoms with Crippen molar-refractivity contribution in [1.29, 1.82) is 0 Å². The van der Waals surface area contributed by atoms with Crippen LogP contribution in [0.1, 0.15) is 33.6 Å². The standard InChI is InChI=1S/C21H24FN3O2/c1-4-5-21(26)24-14(2)15(3)27-19-10-11-20-16(12-19)13-23-25(20)18-8-6-17(22)7-9-18/h6-15H,4-5H2,1-3H3,(H,24,26)/t14-,15+/m0/s1. The normalized spacial score (nSPS) is 13.3. The van der Waals surface area contributed by atoms with Crippen LogP contribution in [0.5, 0.6) is 5.75 Å². The van der Waals surface area contributed by atoms with Gasteiger partial charge in [-0.2, -0.15) is 5.10 Å². The number of carbonyl (C=O) groups excluding carboxylic acids is 1. The topological polar surface area (TPSA) is 56.1 Å². The van der Waals surface area contributed by atoms with Gasteiger partial charge in [-0.05, 0) is 62.7 Å². The summed E-state index contributed by atoms with van der Waals surface area (Å²) in [6, 6.07) is 11.8. The van der Waals surface area contributed by atoms with Gasteiger partial charge in [0.1, 0.15) is 17.7 Å². The Labute approximate surface area is 158 Å². The second-order valence-corrected chi connectivity index (χ2v) is 6.68. The number of amides is 1. The van der Waals surface area contributed by atoms with Crippen molar-refractivity contribution < 1.29 is 13.9 Å². The van der Waals surface area contributed by atoms with E-state index in [0.717, 1.165) is 23.0 Å². The van der Waals surface area contributed by atoms with Crippen LogP contribution < -0.4 is 10.1 Å². The maximum absolute atomic E-state index is 13.1. The number of halogens is 1. The minimum Gasteiger partial charge on any atom is -0.489 e. The summed E-state index contributed by atoms with van der Waals surface area (Å²) in [7, 11) is 0. The Morgan fingerprint density at radius 2 is 1.96 bits per heavy atom. The molecule has 3 rings (SSSR count). The Bertz CT molecular complexity index is 921. The Kier molecular flexibility index (Phi) is 5.74. The zero-order chi connectivity index (χ0) is 19.4. The van der Waals surface area contributed by atoms with Crippen LogP contribution in [0.25, 0.3) is 16.6 Å². The lowest BCUT2D eigenvalue weighted by Gasteiger charge is -2.22. The minimum atomic E-state index is -0.278. The van der Waals surface area contributed by atoms with E-state index in [2.05, 4.69) is 10.4 Å². The minimum absolute atomic E-state index is 0.0384. The van der Waals surface area contributed by atoms with E-state index < -0.39 is 0 Å². The first-order valence-electron chi connectivity index (χ1n) is 9.17. The highest BCUT2D eigenvalue weighted by Gasteiger charge is 2.16. The van der Waals surface area contributed by atoms with E-state index in [-0.39, 0.29) is 23.9 Å². The molecule has 0 spiro atoms. The number of rotatable bonds is 7. The average Bonchev–Trinajstić information content (AvgIpc) is 3.05. The van der Waals surface area contributed by atoms with Crippen LogP contribution in [0.3, 0.4) is 0 Å². The molecular weight excluding hydrogens is 345 g/mol. The summed E-state index contributed by atoms with van der Waals surface area (Å²) < 4.78 is 20.9. The molecule has 0 radical (unpaired) electrons. The smallest absolute Gasteiger partial charge is 0.220 e. The number of nitrogens with one attached hydrogen (secondary N) is 1. The quantitative estimate of drug-likeness (QED) is 0.678. The van der Waals surface area contributed by atoms with Gasteiger partial charge in [0, 0.05) is 11.8 Å². The van der Waals surface area contributed by atoms with E-state index in [0.29, 0.717) is 12.2 Å². The van der Waals surface area contributed by atoms with Gasteiger partial charge in [0.05, 0.1) is 23.4 Å². The molecule has 6 heteroatoms. The number of hydrogen-bond donors (Lipinski definition) is 1. The maximum Gasteiger partial charge on any atom is 0.220 e. The van der Waals surface area contributed by atoms with E-state index in [1.54, 1.807) is 23.0 Å². The summed E-state index contributed by atoms with van der Waals surface area (Å²) in [6.45, 7) is 5.85. The Balaban J connectivity index is 1.74. The molecule has 1 amide bonds. The molecule has 1 N–H and O–H groups in total. The van der Waals surface area contributed by atoms with E-state index in [9.17, 15) is 9.18 Å². The molecule has 1 heterocycles.